The zero-order valence-corrected chi connectivity index (χ0v) is 6.96. The van der Waals surface area contributed by atoms with E-state index in [0.717, 1.165) is 12.2 Å². The average molecular weight is 161 g/mol. The molecule has 3 heteroatoms. The van der Waals surface area contributed by atoms with Gasteiger partial charge < -0.3 is 10.3 Å². The molecular weight excluding hydrogens is 150 g/mol. The molecule has 2 rings (SSSR count). The van der Waals surface area contributed by atoms with E-state index in [-0.39, 0.29) is 0 Å². The Kier molecular flexibility index (Phi) is 1.80. The monoisotopic (exact) mass is 161 g/mol. The largest absolute Gasteiger partial charge is 0.346 e. The van der Waals surface area contributed by atoms with Gasteiger partial charge in [0, 0.05) is 24.3 Å². The molecule has 0 aliphatic rings. The van der Waals surface area contributed by atoms with Gasteiger partial charge in [-0.2, -0.15) is 0 Å². The molecule has 0 unspecified atom stereocenters. The Balaban J connectivity index is 2.57. The molecule has 0 fully saturated rings. The average Bonchev–Trinajstić information content (AvgIpc) is 2.53. The van der Waals surface area contributed by atoms with Gasteiger partial charge in [0.05, 0.1) is 0 Å². The number of aromatic nitrogens is 2. The Hall–Kier alpha value is -1.35. The highest BCUT2D eigenvalue weighted by Gasteiger charge is 1.99. The third-order valence-corrected chi connectivity index (χ3v) is 1.92. The fourth-order valence-corrected chi connectivity index (χ4v) is 1.36. The summed E-state index contributed by atoms with van der Waals surface area (Å²) in [7, 11) is 1.94. The van der Waals surface area contributed by atoms with E-state index in [9.17, 15) is 0 Å². The Bertz CT molecular complexity index is 378. The summed E-state index contributed by atoms with van der Waals surface area (Å²) in [5.41, 5.74) is 2.24. The molecule has 0 atom stereocenters. The summed E-state index contributed by atoms with van der Waals surface area (Å²) in [5, 5.41) is 4.33. The van der Waals surface area contributed by atoms with Crippen molar-refractivity contribution < 1.29 is 0 Å². The minimum atomic E-state index is 0.886. The molecule has 0 aliphatic carbocycles. The van der Waals surface area contributed by atoms with Crippen molar-refractivity contribution in [1.82, 2.24) is 15.3 Å². The van der Waals surface area contributed by atoms with Gasteiger partial charge in [0.1, 0.15) is 5.65 Å². The van der Waals surface area contributed by atoms with E-state index in [1.54, 1.807) is 0 Å². The first-order chi connectivity index (χ1) is 5.92. The van der Waals surface area contributed by atoms with E-state index < -0.39 is 0 Å². The Morgan fingerprint density at radius 3 is 3.25 bits per heavy atom. The molecule has 0 aromatic carbocycles. The quantitative estimate of drug-likeness (QED) is 0.696. The van der Waals surface area contributed by atoms with Gasteiger partial charge in [-0.25, -0.2) is 4.98 Å². The van der Waals surface area contributed by atoms with E-state index in [1.165, 1.54) is 10.9 Å². The number of nitrogens with one attached hydrogen (secondary N) is 2. The van der Waals surface area contributed by atoms with Crippen molar-refractivity contribution in [3.05, 3.63) is 30.1 Å². The number of H-pyrrole nitrogens is 1. The highest BCUT2D eigenvalue weighted by molar-refractivity contribution is 5.78. The lowest BCUT2D eigenvalue weighted by Gasteiger charge is -2.00. The summed E-state index contributed by atoms with van der Waals surface area (Å²) >= 11 is 0. The van der Waals surface area contributed by atoms with Crippen LogP contribution in [0, 0.1) is 0 Å². The van der Waals surface area contributed by atoms with E-state index in [1.807, 2.05) is 25.5 Å². The van der Waals surface area contributed by atoms with Crippen molar-refractivity contribution in [3.63, 3.8) is 0 Å². The minimum absolute atomic E-state index is 0.886. The molecule has 0 spiro atoms. The second-order valence-corrected chi connectivity index (χ2v) is 2.74. The maximum absolute atomic E-state index is 4.20. The molecule has 12 heavy (non-hydrogen) atoms. The van der Waals surface area contributed by atoms with Gasteiger partial charge in [-0.05, 0) is 24.7 Å². The predicted molar refractivity (Wildman–Crippen MR) is 48.9 cm³/mol. The molecule has 0 radical (unpaired) electrons. The number of fused-ring (bicyclic) bond motifs is 1. The first-order valence-electron chi connectivity index (χ1n) is 3.97. The lowest BCUT2D eigenvalue weighted by Crippen LogP contribution is -2.05. The van der Waals surface area contributed by atoms with E-state index in [4.69, 9.17) is 0 Å². The molecule has 2 heterocycles. The van der Waals surface area contributed by atoms with Crippen LogP contribution in [0.25, 0.3) is 11.0 Å². The molecule has 0 amide bonds. The predicted octanol–water partition coefficient (Wildman–Crippen LogP) is 1.28. The summed E-state index contributed by atoms with van der Waals surface area (Å²) in [6, 6.07) is 4.08. The lowest BCUT2D eigenvalue weighted by atomic mass is 10.2. The third-order valence-electron chi connectivity index (χ3n) is 1.92. The maximum atomic E-state index is 4.20. The smallest absolute Gasteiger partial charge is 0.137 e. The molecule has 0 bridgehead atoms. The van der Waals surface area contributed by atoms with E-state index in [0.29, 0.717) is 0 Å². The Morgan fingerprint density at radius 2 is 2.42 bits per heavy atom. The fourth-order valence-electron chi connectivity index (χ4n) is 1.36. The van der Waals surface area contributed by atoms with Crippen LogP contribution in [0.2, 0.25) is 0 Å². The number of hydrogen-bond acceptors (Lipinski definition) is 2. The van der Waals surface area contributed by atoms with Crippen molar-refractivity contribution in [3.8, 4) is 0 Å². The SMILES string of the molecule is CNCc1ccnc2[nH]ccc12. The lowest BCUT2D eigenvalue weighted by molar-refractivity contribution is 0.823. The summed E-state index contributed by atoms with van der Waals surface area (Å²) in [5.74, 6) is 0. The van der Waals surface area contributed by atoms with Crippen LogP contribution >= 0.6 is 0 Å². The zero-order chi connectivity index (χ0) is 8.39. The van der Waals surface area contributed by atoms with Gasteiger partial charge in [-0.15, -0.1) is 0 Å². The van der Waals surface area contributed by atoms with Crippen molar-refractivity contribution >= 4 is 11.0 Å². The first-order valence-corrected chi connectivity index (χ1v) is 3.97. The van der Waals surface area contributed by atoms with Crippen LogP contribution in [0.1, 0.15) is 5.56 Å². The van der Waals surface area contributed by atoms with Gasteiger partial charge in [0.15, 0.2) is 0 Å². The van der Waals surface area contributed by atoms with Crippen molar-refractivity contribution in [1.29, 1.82) is 0 Å². The molecule has 62 valence electrons. The highest BCUT2D eigenvalue weighted by Crippen LogP contribution is 2.14. The molecule has 2 aromatic heterocycles. The number of nitrogens with zero attached hydrogens (tertiary/aromatic N) is 1. The first kappa shape index (κ1) is 7.31. The van der Waals surface area contributed by atoms with Gasteiger partial charge >= 0.3 is 0 Å². The van der Waals surface area contributed by atoms with Crippen molar-refractivity contribution in [2.24, 2.45) is 0 Å². The van der Waals surface area contributed by atoms with Crippen molar-refractivity contribution in [2.45, 2.75) is 6.54 Å². The van der Waals surface area contributed by atoms with Gasteiger partial charge in [-0.1, -0.05) is 0 Å². The van der Waals surface area contributed by atoms with Gasteiger partial charge in [0.2, 0.25) is 0 Å². The van der Waals surface area contributed by atoms with Gasteiger partial charge in [0.25, 0.3) is 0 Å². The zero-order valence-electron chi connectivity index (χ0n) is 6.96. The Labute approximate surface area is 70.8 Å². The van der Waals surface area contributed by atoms with Gasteiger partial charge in [-0.3, -0.25) is 0 Å². The number of aromatic amines is 1. The molecular formula is C9H11N3. The second kappa shape index (κ2) is 2.95. The summed E-state index contributed by atoms with van der Waals surface area (Å²) in [6.07, 6.45) is 3.74. The standard InChI is InChI=1S/C9H11N3/c1-10-6-7-2-4-11-9-8(7)3-5-12-9/h2-5,10H,6H2,1H3,(H,11,12). The van der Waals surface area contributed by atoms with Crippen LogP contribution in [0.15, 0.2) is 24.5 Å². The fraction of sp³-hybridized carbons (Fsp3) is 0.222. The second-order valence-electron chi connectivity index (χ2n) is 2.74. The topological polar surface area (TPSA) is 40.7 Å². The van der Waals surface area contributed by atoms with Crippen LogP contribution in [0.4, 0.5) is 0 Å². The molecule has 0 aliphatic heterocycles. The third kappa shape index (κ3) is 1.08. The molecule has 2 N–H and O–H groups in total. The van der Waals surface area contributed by atoms with E-state index >= 15 is 0 Å². The molecule has 2 aromatic rings. The van der Waals surface area contributed by atoms with Crippen LogP contribution < -0.4 is 5.32 Å². The van der Waals surface area contributed by atoms with Crippen LogP contribution in [0.3, 0.4) is 0 Å². The number of hydrogen-bond donors (Lipinski definition) is 2. The maximum Gasteiger partial charge on any atom is 0.137 e. The normalized spacial score (nSPS) is 10.8. The molecule has 0 saturated heterocycles. The van der Waals surface area contributed by atoms with Crippen LogP contribution in [-0.4, -0.2) is 17.0 Å². The Morgan fingerprint density at radius 1 is 1.50 bits per heavy atom. The van der Waals surface area contributed by atoms with Crippen molar-refractivity contribution in [2.75, 3.05) is 7.05 Å². The minimum Gasteiger partial charge on any atom is -0.346 e. The van der Waals surface area contributed by atoms with Crippen LogP contribution in [-0.2, 0) is 6.54 Å². The summed E-state index contributed by atoms with van der Waals surface area (Å²) in [4.78, 5) is 7.28. The summed E-state index contributed by atoms with van der Waals surface area (Å²) in [6.45, 7) is 0.886. The summed E-state index contributed by atoms with van der Waals surface area (Å²) < 4.78 is 0. The van der Waals surface area contributed by atoms with Crippen LogP contribution in [0.5, 0.6) is 0 Å². The molecule has 3 nitrogen and oxygen atoms in total. The highest BCUT2D eigenvalue weighted by atomic mass is 14.8. The molecule has 0 saturated carbocycles. The van der Waals surface area contributed by atoms with E-state index in [2.05, 4.69) is 21.4 Å². The number of pyridine rings is 1. The number of rotatable bonds is 2.